The Labute approximate surface area is 116 Å². The average Bonchev–Trinajstić information content (AvgIpc) is 2.82. The molecule has 3 nitrogen and oxygen atoms in total. The fourth-order valence-corrected chi connectivity index (χ4v) is 2.52. The summed E-state index contributed by atoms with van der Waals surface area (Å²) in [6.07, 6.45) is 2.33. The molecule has 0 unspecified atom stereocenters. The number of nitrogens with one attached hydrogen (secondary N) is 1. The molecule has 2 rings (SSSR count). The predicted octanol–water partition coefficient (Wildman–Crippen LogP) is 2.05. The second-order valence-corrected chi connectivity index (χ2v) is 6.22. The van der Waals surface area contributed by atoms with Crippen LogP contribution in [0.1, 0.15) is 25.8 Å². The molecular formula is C16H26N2O. The quantitative estimate of drug-likeness (QED) is 0.738. The number of benzene rings is 1. The first-order valence-corrected chi connectivity index (χ1v) is 7.27. The Morgan fingerprint density at radius 2 is 2.11 bits per heavy atom. The van der Waals surface area contributed by atoms with E-state index >= 15 is 0 Å². The lowest BCUT2D eigenvalue weighted by Crippen LogP contribution is -2.34. The third-order valence-corrected chi connectivity index (χ3v) is 3.80. The summed E-state index contributed by atoms with van der Waals surface area (Å²) in [7, 11) is 0. The Balaban J connectivity index is 1.68. The van der Waals surface area contributed by atoms with E-state index in [0.717, 1.165) is 32.6 Å². The minimum Gasteiger partial charge on any atom is -0.396 e. The van der Waals surface area contributed by atoms with Gasteiger partial charge in [-0.2, -0.15) is 0 Å². The number of anilines is 1. The minimum absolute atomic E-state index is 0.0136. The van der Waals surface area contributed by atoms with Gasteiger partial charge in [0.05, 0.1) is 0 Å². The molecule has 0 aromatic heterocycles. The van der Waals surface area contributed by atoms with Crippen LogP contribution < -0.4 is 10.2 Å². The molecule has 1 aromatic rings. The van der Waals surface area contributed by atoms with Crippen molar-refractivity contribution < 1.29 is 5.11 Å². The van der Waals surface area contributed by atoms with Crippen LogP contribution in [0, 0.1) is 5.41 Å². The zero-order valence-electron chi connectivity index (χ0n) is 12.2. The zero-order valence-corrected chi connectivity index (χ0v) is 12.2. The lowest BCUT2D eigenvalue weighted by atomic mass is 9.95. The van der Waals surface area contributed by atoms with E-state index < -0.39 is 0 Å². The highest BCUT2D eigenvalue weighted by molar-refractivity contribution is 5.57. The van der Waals surface area contributed by atoms with Crippen molar-refractivity contribution in [3.63, 3.8) is 0 Å². The first kappa shape index (κ1) is 14.4. The molecule has 0 spiro atoms. The first-order valence-electron chi connectivity index (χ1n) is 7.27. The molecule has 0 radical (unpaired) electrons. The van der Waals surface area contributed by atoms with Crippen molar-refractivity contribution >= 4 is 5.69 Å². The summed E-state index contributed by atoms with van der Waals surface area (Å²) >= 11 is 0. The molecule has 1 aliphatic heterocycles. The molecule has 0 fully saturated rings. The lowest BCUT2D eigenvalue weighted by Gasteiger charge is -2.23. The van der Waals surface area contributed by atoms with Gasteiger partial charge in [-0.25, -0.2) is 0 Å². The Hall–Kier alpha value is -1.06. The van der Waals surface area contributed by atoms with Gasteiger partial charge in [0.2, 0.25) is 0 Å². The maximum absolute atomic E-state index is 9.18. The molecule has 3 heteroatoms. The normalized spacial score (nSPS) is 14.8. The van der Waals surface area contributed by atoms with E-state index in [9.17, 15) is 5.11 Å². The van der Waals surface area contributed by atoms with Gasteiger partial charge in [-0.15, -0.1) is 0 Å². The maximum atomic E-state index is 9.18. The fourth-order valence-electron chi connectivity index (χ4n) is 2.52. The minimum atomic E-state index is -0.0136. The Bertz CT molecular complexity index is 403. The van der Waals surface area contributed by atoms with Gasteiger partial charge in [-0.1, -0.05) is 32.0 Å². The molecule has 2 N–H and O–H groups in total. The van der Waals surface area contributed by atoms with Crippen LogP contribution in [0.15, 0.2) is 24.3 Å². The SMILES string of the molecule is CC(C)(CO)CNCCCN1CCc2ccccc21. The molecule has 19 heavy (non-hydrogen) atoms. The molecule has 1 heterocycles. The number of aliphatic hydroxyl groups is 1. The fraction of sp³-hybridized carbons (Fsp3) is 0.625. The summed E-state index contributed by atoms with van der Waals surface area (Å²) < 4.78 is 0. The van der Waals surface area contributed by atoms with Gasteiger partial charge >= 0.3 is 0 Å². The van der Waals surface area contributed by atoms with E-state index in [0.29, 0.717) is 0 Å². The van der Waals surface area contributed by atoms with Gasteiger partial charge in [0.1, 0.15) is 0 Å². The van der Waals surface area contributed by atoms with Gasteiger partial charge in [0, 0.05) is 37.3 Å². The van der Waals surface area contributed by atoms with E-state index in [4.69, 9.17) is 0 Å². The van der Waals surface area contributed by atoms with Crippen LogP contribution in [-0.4, -0.2) is 37.9 Å². The summed E-state index contributed by atoms with van der Waals surface area (Å²) in [5, 5.41) is 12.6. The van der Waals surface area contributed by atoms with Gasteiger partial charge in [0.15, 0.2) is 0 Å². The van der Waals surface area contributed by atoms with Crippen molar-refractivity contribution in [2.24, 2.45) is 5.41 Å². The number of fused-ring (bicyclic) bond motifs is 1. The van der Waals surface area contributed by atoms with Crippen molar-refractivity contribution in [1.82, 2.24) is 5.32 Å². The highest BCUT2D eigenvalue weighted by atomic mass is 16.3. The molecule has 0 saturated heterocycles. The average molecular weight is 262 g/mol. The van der Waals surface area contributed by atoms with Crippen molar-refractivity contribution in [2.75, 3.05) is 37.7 Å². The van der Waals surface area contributed by atoms with E-state index in [2.05, 4.69) is 48.3 Å². The smallest absolute Gasteiger partial charge is 0.0494 e. The highest BCUT2D eigenvalue weighted by Gasteiger charge is 2.18. The molecule has 0 atom stereocenters. The maximum Gasteiger partial charge on any atom is 0.0494 e. The van der Waals surface area contributed by atoms with E-state index in [-0.39, 0.29) is 12.0 Å². The largest absolute Gasteiger partial charge is 0.396 e. The predicted molar refractivity (Wildman–Crippen MR) is 80.7 cm³/mol. The van der Waals surface area contributed by atoms with Crippen molar-refractivity contribution in [1.29, 1.82) is 0 Å². The molecule has 1 aliphatic rings. The second kappa shape index (κ2) is 6.40. The van der Waals surface area contributed by atoms with Gasteiger partial charge < -0.3 is 15.3 Å². The first-order chi connectivity index (χ1) is 9.12. The molecule has 1 aromatic carbocycles. The summed E-state index contributed by atoms with van der Waals surface area (Å²) in [6, 6.07) is 8.71. The summed E-state index contributed by atoms with van der Waals surface area (Å²) in [6.45, 7) is 8.56. The number of para-hydroxylation sites is 1. The van der Waals surface area contributed by atoms with E-state index in [1.165, 1.54) is 17.7 Å². The standard InChI is InChI=1S/C16H26N2O/c1-16(2,13-19)12-17-9-5-10-18-11-8-14-6-3-4-7-15(14)18/h3-4,6-7,17,19H,5,8-13H2,1-2H3. The zero-order chi connectivity index (χ0) is 13.7. The van der Waals surface area contributed by atoms with Crippen molar-refractivity contribution in [3.8, 4) is 0 Å². The Morgan fingerprint density at radius 3 is 2.89 bits per heavy atom. The topological polar surface area (TPSA) is 35.5 Å². The van der Waals surface area contributed by atoms with Crippen LogP contribution in [0.25, 0.3) is 0 Å². The van der Waals surface area contributed by atoms with Crippen LogP contribution in [0.4, 0.5) is 5.69 Å². The van der Waals surface area contributed by atoms with Crippen molar-refractivity contribution in [2.45, 2.75) is 26.7 Å². The van der Waals surface area contributed by atoms with Gasteiger partial charge in [-0.3, -0.25) is 0 Å². The van der Waals surface area contributed by atoms with Gasteiger partial charge in [0.25, 0.3) is 0 Å². The molecule has 0 bridgehead atoms. The molecule has 106 valence electrons. The van der Waals surface area contributed by atoms with Crippen LogP contribution >= 0.6 is 0 Å². The summed E-state index contributed by atoms with van der Waals surface area (Å²) in [5.41, 5.74) is 2.88. The number of hydrogen-bond acceptors (Lipinski definition) is 3. The number of rotatable bonds is 7. The van der Waals surface area contributed by atoms with Crippen molar-refractivity contribution in [3.05, 3.63) is 29.8 Å². The monoisotopic (exact) mass is 262 g/mol. The summed E-state index contributed by atoms with van der Waals surface area (Å²) in [5.74, 6) is 0. The number of aliphatic hydroxyl groups excluding tert-OH is 1. The second-order valence-electron chi connectivity index (χ2n) is 6.22. The highest BCUT2D eigenvalue weighted by Crippen LogP contribution is 2.27. The Morgan fingerprint density at radius 1 is 1.32 bits per heavy atom. The molecule has 0 saturated carbocycles. The number of nitrogens with zero attached hydrogens (tertiary/aromatic N) is 1. The van der Waals surface area contributed by atoms with Gasteiger partial charge in [-0.05, 0) is 31.0 Å². The van der Waals surface area contributed by atoms with Crippen LogP contribution in [0.3, 0.4) is 0 Å². The molecule has 0 aliphatic carbocycles. The van der Waals surface area contributed by atoms with E-state index in [1.807, 2.05) is 0 Å². The third kappa shape index (κ3) is 3.95. The van der Waals surface area contributed by atoms with Crippen LogP contribution in [0.2, 0.25) is 0 Å². The van der Waals surface area contributed by atoms with E-state index in [1.54, 1.807) is 0 Å². The summed E-state index contributed by atoms with van der Waals surface area (Å²) in [4.78, 5) is 2.48. The Kier molecular flexibility index (Phi) is 4.83. The number of hydrogen-bond donors (Lipinski definition) is 2. The lowest BCUT2D eigenvalue weighted by molar-refractivity contribution is 0.157. The molecular weight excluding hydrogens is 236 g/mol. The van der Waals surface area contributed by atoms with Crippen LogP contribution in [0.5, 0.6) is 0 Å². The third-order valence-electron chi connectivity index (χ3n) is 3.80. The van der Waals surface area contributed by atoms with Crippen LogP contribution in [-0.2, 0) is 6.42 Å². The molecule has 0 amide bonds.